The molecule has 0 atom stereocenters. The van der Waals surface area contributed by atoms with E-state index in [-0.39, 0.29) is 5.56 Å². The van der Waals surface area contributed by atoms with Crippen LogP contribution in [0.1, 0.15) is 18.2 Å². The molecule has 0 bridgehead atoms. The lowest BCUT2D eigenvalue weighted by molar-refractivity contribution is -0.139. The van der Waals surface area contributed by atoms with E-state index < -0.39 is 17.6 Å². The molecule has 2 nitrogen and oxygen atoms in total. The van der Waals surface area contributed by atoms with Crippen LogP contribution in [0.5, 0.6) is 0 Å². The highest BCUT2D eigenvalue weighted by Crippen LogP contribution is 2.33. The molecule has 0 aliphatic rings. The van der Waals surface area contributed by atoms with E-state index in [9.17, 15) is 17.6 Å². The summed E-state index contributed by atoms with van der Waals surface area (Å²) < 4.78 is 50.7. The molecule has 0 unspecified atom stereocenters. The Balaban J connectivity index is 2.47. The third-order valence-corrected chi connectivity index (χ3v) is 2.55. The number of hydrogen-bond acceptors (Lipinski definition) is 1. The molecule has 1 aromatic carbocycles. The Labute approximate surface area is 101 Å². The van der Waals surface area contributed by atoms with Crippen LogP contribution in [0.4, 0.5) is 17.6 Å². The van der Waals surface area contributed by atoms with Crippen LogP contribution < -0.4 is 0 Å². The molecule has 0 radical (unpaired) electrons. The van der Waals surface area contributed by atoms with Crippen LogP contribution >= 0.6 is 0 Å². The summed E-state index contributed by atoms with van der Waals surface area (Å²) in [6.07, 6.45) is -2.47. The lowest BCUT2D eigenvalue weighted by Gasteiger charge is -2.08. The highest BCUT2D eigenvalue weighted by atomic mass is 19.4. The number of nitrogens with one attached hydrogen (secondary N) is 1. The van der Waals surface area contributed by atoms with Crippen molar-refractivity contribution in [1.82, 2.24) is 9.97 Å². The number of rotatable bonds is 2. The fourth-order valence-electron chi connectivity index (χ4n) is 1.58. The van der Waals surface area contributed by atoms with Crippen molar-refractivity contribution in [2.45, 2.75) is 19.5 Å². The molecule has 18 heavy (non-hydrogen) atoms. The molecule has 0 saturated heterocycles. The van der Waals surface area contributed by atoms with Crippen molar-refractivity contribution < 1.29 is 17.6 Å². The van der Waals surface area contributed by atoms with Crippen LogP contribution in [0, 0.1) is 5.82 Å². The first-order chi connectivity index (χ1) is 8.41. The SMILES string of the molecule is CCc1cnc(-c2ccc(F)c(C(F)(F)F)c2)[nH]1. The maximum atomic E-state index is 13.1. The Morgan fingerprint density at radius 1 is 1.28 bits per heavy atom. The van der Waals surface area contributed by atoms with E-state index in [0.29, 0.717) is 12.2 Å². The molecule has 1 aromatic heterocycles. The van der Waals surface area contributed by atoms with E-state index in [1.807, 2.05) is 6.92 Å². The first-order valence-electron chi connectivity index (χ1n) is 5.33. The van der Waals surface area contributed by atoms with Crippen LogP contribution in [0.2, 0.25) is 0 Å². The zero-order valence-corrected chi connectivity index (χ0v) is 9.48. The number of alkyl halides is 3. The van der Waals surface area contributed by atoms with Gasteiger partial charge in [-0.15, -0.1) is 0 Å². The molecule has 6 heteroatoms. The molecule has 0 aliphatic heterocycles. The minimum absolute atomic E-state index is 0.212. The lowest BCUT2D eigenvalue weighted by atomic mass is 10.1. The number of H-pyrrole nitrogens is 1. The van der Waals surface area contributed by atoms with Gasteiger partial charge >= 0.3 is 6.18 Å². The van der Waals surface area contributed by atoms with E-state index in [4.69, 9.17) is 0 Å². The second-order valence-corrected chi connectivity index (χ2v) is 3.80. The number of aromatic nitrogens is 2. The molecule has 2 rings (SSSR count). The number of aryl methyl sites for hydroxylation is 1. The van der Waals surface area contributed by atoms with E-state index in [2.05, 4.69) is 9.97 Å². The maximum absolute atomic E-state index is 13.1. The van der Waals surface area contributed by atoms with Gasteiger partial charge in [0.05, 0.1) is 5.56 Å². The van der Waals surface area contributed by atoms with Crippen molar-refractivity contribution in [3.8, 4) is 11.4 Å². The Bertz CT molecular complexity index is 557. The highest BCUT2D eigenvalue weighted by Gasteiger charge is 2.34. The Kier molecular flexibility index (Phi) is 3.11. The van der Waals surface area contributed by atoms with Crippen molar-refractivity contribution in [2.24, 2.45) is 0 Å². The molecule has 0 amide bonds. The third kappa shape index (κ3) is 2.37. The first-order valence-corrected chi connectivity index (χ1v) is 5.33. The Morgan fingerprint density at radius 2 is 2.00 bits per heavy atom. The zero-order valence-electron chi connectivity index (χ0n) is 9.48. The summed E-state index contributed by atoms with van der Waals surface area (Å²) in [7, 11) is 0. The van der Waals surface area contributed by atoms with Gasteiger partial charge in [-0.25, -0.2) is 9.37 Å². The van der Waals surface area contributed by atoms with Gasteiger partial charge in [0.25, 0.3) is 0 Å². The van der Waals surface area contributed by atoms with Crippen LogP contribution in [0.3, 0.4) is 0 Å². The molecular weight excluding hydrogens is 248 g/mol. The van der Waals surface area contributed by atoms with Gasteiger partial charge in [0.1, 0.15) is 11.6 Å². The van der Waals surface area contributed by atoms with Gasteiger partial charge in [0, 0.05) is 17.5 Å². The second-order valence-electron chi connectivity index (χ2n) is 3.80. The molecule has 1 heterocycles. The summed E-state index contributed by atoms with van der Waals surface area (Å²) in [5, 5.41) is 0. The van der Waals surface area contributed by atoms with E-state index in [1.54, 1.807) is 6.20 Å². The topological polar surface area (TPSA) is 28.7 Å². The average Bonchev–Trinajstić information content (AvgIpc) is 2.76. The van der Waals surface area contributed by atoms with Crippen molar-refractivity contribution in [3.63, 3.8) is 0 Å². The minimum atomic E-state index is -4.71. The van der Waals surface area contributed by atoms with Gasteiger partial charge in [0.15, 0.2) is 0 Å². The molecule has 1 N–H and O–H groups in total. The Hall–Kier alpha value is -1.85. The number of imidazole rings is 1. The summed E-state index contributed by atoms with van der Waals surface area (Å²) in [4.78, 5) is 6.84. The molecule has 2 aromatic rings. The third-order valence-electron chi connectivity index (χ3n) is 2.55. The number of aromatic amines is 1. The fourth-order valence-corrected chi connectivity index (χ4v) is 1.58. The number of halogens is 4. The van der Waals surface area contributed by atoms with Gasteiger partial charge in [-0.2, -0.15) is 13.2 Å². The predicted molar refractivity (Wildman–Crippen MR) is 58.4 cm³/mol. The standard InChI is InChI=1S/C12H10F4N2/c1-2-8-6-17-11(18-8)7-3-4-10(13)9(5-7)12(14,15)16/h3-6H,2H2,1H3,(H,17,18). The molecule has 96 valence electrons. The second kappa shape index (κ2) is 4.44. The fraction of sp³-hybridized carbons (Fsp3) is 0.250. The summed E-state index contributed by atoms with van der Waals surface area (Å²) >= 11 is 0. The van der Waals surface area contributed by atoms with E-state index in [0.717, 1.165) is 17.8 Å². The average molecular weight is 258 g/mol. The van der Waals surface area contributed by atoms with Gasteiger partial charge in [-0.1, -0.05) is 6.92 Å². The summed E-state index contributed by atoms with van der Waals surface area (Å²) in [6, 6.07) is 2.82. The van der Waals surface area contributed by atoms with E-state index in [1.165, 1.54) is 6.07 Å². The molecule has 0 aliphatic carbocycles. The van der Waals surface area contributed by atoms with Crippen LogP contribution in [-0.2, 0) is 12.6 Å². The normalized spacial score (nSPS) is 11.8. The van der Waals surface area contributed by atoms with Gasteiger partial charge in [0.2, 0.25) is 0 Å². The van der Waals surface area contributed by atoms with Crippen LogP contribution in [-0.4, -0.2) is 9.97 Å². The maximum Gasteiger partial charge on any atom is 0.419 e. The van der Waals surface area contributed by atoms with Gasteiger partial charge < -0.3 is 4.98 Å². The molecule has 0 saturated carbocycles. The number of hydrogen-bond donors (Lipinski definition) is 1. The monoisotopic (exact) mass is 258 g/mol. The van der Waals surface area contributed by atoms with Crippen molar-refractivity contribution in [1.29, 1.82) is 0 Å². The molecule has 0 spiro atoms. The highest BCUT2D eigenvalue weighted by molar-refractivity contribution is 5.57. The summed E-state index contributed by atoms with van der Waals surface area (Å²) in [5.74, 6) is -0.981. The van der Waals surface area contributed by atoms with Crippen molar-refractivity contribution >= 4 is 0 Å². The Morgan fingerprint density at radius 3 is 2.56 bits per heavy atom. The van der Waals surface area contributed by atoms with Crippen LogP contribution in [0.25, 0.3) is 11.4 Å². The van der Waals surface area contributed by atoms with E-state index >= 15 is 0 Å². The van der Waals surface area contributed by atoms with Crippen molar-refractivity contribution in [2.75, 3.05) is 0 Å². The largest absolute Gasteiger partial charge is 0.419 e. The number of nitrogens with zero attached hydrogens (tertiary/aromatic N) is 1. The molecule has 0 fully saturated rings. The zero-order chi connectivity index (χ0) is 13.3. The lowest BCUT2D eigenvalue weighted by Crippen LogP contribution is -2.08. The first kappa shape index (κ1) is 12.6. The predicted octanol–water partition coefficient (Wildman–Crippen LogP) is 3.80. The smallest absolute Gasteiger partial charge is 0.342 e. The van der Waals surface area contributed by atoms with Gasteiger partial charge in [-0.05, 0) is 24.6 Å². The number of benzene rings is 1. The summed E-state index contributed by atoms with van der Waals surface area (Å²) in [5.41, 5.74) is -0.263. The quantitative estimate of drug-likeness (QED) is 0.815. The van der Waals surface area contributed by atoms with Crippen molar-refractivity contribution in [3.05, 3.63) is 41.5 Å². The summed E-state index contributed by atoms with van der Waals surface area (Å²) in [6.45, 7) is 1.89. The van der Waals surface area contributed by atoms with Crippen LogP contribution in [0.15, 0.2) is 24.4 Å². The molecular formula is C12H10F4N2. The van der Waals surface area contributed by atoms with Gasteiger partial charge in [-0.3, -0.25) is 0 Å². The minimum Gasteiger partial charge on any atom is -0.342 e.